The molecule has 4 atom stereocenters. The minimum Gasteiger partial charge on any atom is -0.478 e. The molecule has 0 aromatic carbocycles. The number of nitrogens with two attached hydrogens (primary N) is 1. The van der Waals surface area contributed by atoms with Gasteiger partial charge in [0.2, 0.25) is 11.8 Å². The summed E-state index contributed by atoms with van der Waals surface area (Å²) in [5.74, 6) is -4.17. The first-order chi connectivity index (χ1) is 28.1. The van der Waals surface area contributed by atoms with Crippen LogP contribution >= 0.6 is 11.8 Å². The molecular weight excluding hydrogens is 851 g/mol. The van der Waals surface area contributed by atoms with Gasteiger partial charge in [0.05, 0.1) is 17.5 Å². The van der Waals surface area contributed by atoms with Crippen LogP contribution in [0, 0.1) is 0 Å². The normalized spacial score (nSPS) is 23.2. The van der Waals surface area contributed by atoms with E-state index < -0.39 is 86.3 Å². The van der Waals surface area contributed by atoms with Crippen molar-refractivity contribution in [2.45, 2.75) is 122 Å². The monoisotopic (exact) mass is 901 g/mol. The first-order valence-corrected chi connectivity index (χ1v) is 20.9. The molecule has 3 aliphatic rings. The Morgan fingerprint density at radius 2 is 1.84 bits per heavy atom. The molecule has 3 unspecified atom stereocenters. The zero-order valence-electron chi connectivity index (χ0n) is 34.9. The van der Waals surface area contributed by atoms with Crippen molar-refractivity contribution in [3.63, 3.8) is 0 Å². The number of alkyl carbamates (subject to hydrolysis) is 1. The van der Waals surface area contributed by atoms with Crippen LogP contribution < -0.4 is 21.7 Å². The van der Waals surface area contributed by atoms with Gasteiger partial charge in [-0.25, -0.2) is 19.4 Å². The van der Waals surface area contributed by atoms with Gasteiger partial charge in [-0.15, -0.1) is 4.28 Å². The molecule has 4 amide bonds. The standard InChI is InChI=1S/C35H51N9O15S2/c1-19(27(47)48)55-43-23(25(45)39-24-26(46)44(33(24,8)9)59-61(51,52)53)35(18-60-28(41-35)40-30(50)56-58-32(5,6)7)57-34(14-10-12-20(36)16-34)21-17-38-42-22(21)13-11-15-37-29(49)54-31(2,3)4/h10,12,14,17,19,24H,11,13,15-16,18,36H2,1-9H3,(H,37,49)(H,38,42)(H,39,45)(H,47,48)(H,40,41,50)(H,51,52,53)/b43-23+/t19?,24-,34?,35?/m1/s1. The minimum atomic E-state index is -5.16. The second-order valence-corrected chi connectivity index (χ2v) is 18.4. The molecule has 1 fully saturated rings. The fraction of sp³-hybridized carbons (Fsp3) is 0.600. The summed E-state index contributed by atoms with van der Waals surface area (Å²) in [5.41, 5.74) is -0.372. The van der Waals surface area contributed by atoms with Crippen LogP contribution in [0.1, 0.15) is 86.4 Å². The highest BCUT2D eigenvalue weighted by atomic mass is 32.3. The van der Waals surface area contributed by atoms with Crippen molar-refractivity contribution >= 4 is 63.0 Å². The Bertz CT molecular complexity index is 2110. The van der Waals surface area contributed by atoms with Crippen molar-refractivity contribution in [3.8, 4) is 0 Å². The highest BCUT2D eigenvalue weighted by Crippen LogP contribution is 2.45. The number of nitrogens with one attached hydrogen (secondary N) is 4. The number of aromatic amines is 1. The molecule has 26 heteroatoms. The number of rotatable bonds is 16. The highest BCUT2D eigenvalue weighted by Gasteiger charge is 2.60. The number of aromatic nitrogens is 2. The molecule has 3 heterocycles. The molecule has 338 valence electrons. The molecule has 8 N–H and O–H groups in total. The third-order valence-electron chi connectivity index (χ3n) is 8.56. The van der Waals surface area contributed by atoms with Gasteiger partial charge in [-0.3, -0.25) is 29.4 Å². The largest absolute Gasteiger partial charge is 0.478 e. The molecule has 0 saturated carbocycles. The van der Waals surface area contributed by atoms with E-state index in [-0.39, 0.29) is 30.3 Å². The summed E-state index contributed by atoms with van der Waals surface area (Å²) in [6.07, 6.45) is 3.44. The van der Waals surface area contributed by atoms with E-state index in [1.54, 1.807) is 59.8 Å². The highest BCUT2D eigenvalue weighted by molar-refractivity contribution is 8.14. The van der Waals surface area contributed by atoms with Crippen molar-refractivity contribution < 1.29 is 70.4 Å². The Kier molecular flexibility index (Phi) is 14.6. The second-order valence-electron chi connectivity index (χ2n) is 16.5. The number of hydroxylamine groups is 2. The van der Waals surface area contributed by atoms with Crippen LogP contribution in [0.4, 0.5) is 9.59 Å². The average Bonchev–Trinajstić information content (AvgIpc) is 3.76. The summed E-state index contributed by atoms with van der Waals surface area (Å²) in [6, 6.07) is -1.53. The van der Waals surface area contributed by atoms with Gasteiger partial charge < -0.3 is 35.8 Å². The van der Waals surface area contributed by atoms with E-state index in [1.807, 2.05) is 0 Å². The summed E-state index contributed by atoms with van der Waals surface area (Å²) in [4.78, 5) is 84.5. The number of ether oxygens (including phenoxy) is 2. The Hall–Kier alpha value is -5.28. The second kappa shape index (κ2) is 18.4. The molecule has 1 saturated heterocycles. The molecule has 4 rings (SSSR count). The fourth-order valence-electron chi connectivity index (χ4n) is 5.84. The Morgan fingerprint density at radius 3 is 2.43 bits per heavy atom. The molecule has 1 aliphatic carbocycles. The number of H-pyrrole nitrogens is 1. The molecule has 61 heavy (non-hydrogen) atoms. The number of nitrogens with zero attached hydrogens (tertiary/aromatic N) is 4. The lowest BCUT2D eigenvalue weighted by molar-refractivity contribution is -0.299. The smallest absolute Gasteiger partial charge is 0.444 e. The molecule has 0 radical (unpaired) electrons. The van der Waals surface area contributed by atoms with Gasteiger partial charge in [0.25, 0.3) is 11.8 Å². The number of thioether (sulfide) groups is 1. The van der Waals surface area contributed by atoms with Gasteiger partial charge in [0.15, 0.2) is 10.9 Å². The third kappa shape index (κ3) is 12.6. The summed E-state index contributed by atoms with van der Waals surface area (Å²) < 4.78 is 48.8. The van der Waals surface area contributed by atoms with E-state index in [2.05, 4.69) is 40.6 Å². The quantitative estimate of drug-likeness (QED) is 0.0311. The SMILES string of the molecule is CC(O/N=C(\C(=O)N[C@@H]1C(=O)N(OS(=O)(=O)O)C1(C)C)C1(OC2(c3cn[nH]c3CCCNC(=O)OC(C)(C)C)C=CC=C(N)C2)CSC(NC(=O)OOC(C)(C)C)=N1)C(=O)O. The first-order valence-electron chi connectivity index (χ1n) is 18.6. The van der Waals surface area contributed by atoms with Crippen LogP contribution in [0.2, 0.25) is 0 Å². The fourth-order valence-corrected chi connectivity index (χ4v) is 7.25. The number of hydrogen-bond donors (Lipinski definition) is 7. The van der Waals surface area contributed by atoms with Crippen LogP contribution in [0.5, 0.6) is 0 Å². The van der Waals surface area contributed by atoms with Crippen LogP contribution in [-0.4, -0.2) is 121 Å². The van der Waals surface area contributed by atoms with Gasteiger partial charge in [-0.1, -0.05) is 23.0 Å². The van der Waals surface area contributed by atoms with Gasteiger partial charge in [-0.2, -0.15) is 23.5 Å². The van der Waals surface area contributed by atoms with E-state index in [9.17, 15) is 42.0 Å². The number of aliphatic carboxylic acids is 1. The summed E-state index contributed by atoms with van der Waals surface area (Å²) >= 11 is 0.846. The van der Waals surface area contributed by atoms with Crippen molar-refractivity contribution in [2.75, 3.05) is 12.3 Å². The maximum atomic E-state index is 14.5. The number of aliphatic imine (C=N–C) groups is 1. The lowest BCUT2D eigenvalue weighted by atomic mass is 9.83. The van der Waals surface area contributed by atoms with Gasteiger partial charge in [0, 0.05) is 29.9 Å². The van der Waals surface area contributed by atoms with Crippen molar-refractivity contribution in [1.29, 1.82) is 0 Å². The summed E-state index contributed by atoms with van der Waals surface area (Å²) in [6.45, 7) is 14.0. The third-order valence-corrected chi connectivity index (χ3v) is 9.90. The number of carbonyl (C=O) groups is 5. The molecule has 1 aromatic rings. The van der Waals surface area contributed by atoms with Gasteiger partial charge >= 0.3 is 28.6 Å². The number of carboxylic acid groups (broad SMARTS) is 1. The lowest BCUT2D eigenvalue weighted by Gasteiger charge is -2.50. The average molecular weight is 902 g/mol. The van der Waals surface area contributed by atoms with Crippen molar-refractivity contribution in [2.24, 2.45) is 15.9 Å². The van der Waals surface area contributed by atoms with Gasteiger partial charge in [0.1, 0.15) is 22.8 Å². The molecular formula is C35H51N9O15S2. The topological polar surface area (TPSA) is 334 Å². The Morgan fingerprint density at radius 1 is 1.15 bits per heavy atom. The number of carboxylic acids is 1. The summed E-state index contributed by atoms with van der Waals surface area (Å²) in [5, 5.41) is 28.4. The Labute approximate surface area is 355 Å². The van der Waals surface area contributed by atoms with Crippen LogP contribution in [0.15, 0.2) is 40.3 Å². The molecule has 0 bridgehead atoms. The predicted molar refractivity (Wildman–Crippen MR) is 214 cm³/mol. The maximum Gasteiger partial charge on any atom is 0.444 e. The lowest BCUT2D eigenvalue weighted by Crippen LogP contribution is -2.77. The van der Waals surface area contributed by atoms with Crippen molar-refractivity contribution in [1.82, 2.24) is 31.2 Å². The minimum absolute atomic E-state index is 0.0876. The van der Waals surface area contributed by atoms with E-state index in [1.165, 1.54) is 20.0 Å². The molecule has 1 aromatic heterocycles. The van der Waals surface area contributed by atoms with Crippen molar-refractivity contribution in [3.05, 3.63) is 41.4 Å². The van der Waals surface area contributed by atoms with Crippen LogP contribution in [-0.2, 0) is 65.2 Å². The van der Waals surface area contributed by atoms with E-state index >= 15 is 0 Å². The van der Waals surface area contributed by atoms with Gasteiger partial charge in [-0.05, 0) is 87.3 Å². The predicted octanol–water partition coefficient (Wildman–Crippen LogP) is 1.82. The molecule has 24 nitrogen and oxygen atoms in total. The summed E-state index contributed by atoms with van der Waals surface area (Å²) in [7, 11) is -5.16. The maximum absolute atomic E-state index is 14.5. The van der Waals surface area contributed by atoms with Crippen LogP contribution in [0.25, 0.3) is 0 Å². The number of oxime groups is 1. The number of β-lactam (4-membered cyclic amide) rings is 1. The number of amides is 4. The first kappa shape index (κ1) is 48.4. The zero-order valence-corrected chi connectivity index (χ0v) is 36.5. The number of aryl methyl sites for hydroxylation is 1. The number of amidine groups is 1. The molecule has 2 aliphatic heterocycles. The van der Waals surface area contributed by atoms with E-state index in [0.29, 0.717) is 28.4 Å². The molecule has 0 spiro atoms. The Balaban J connectivity index is 1.81. The van der Waals surface area contributed by atoms with Crippen LogP contribution in [0.3, 0.4) is 0 Å². The van der Waals surface area contributed by atoms with E-state index in [4.69, 9.17) is 29.8 Å². The number of carbonyl (C=O) groups excluding carboxylic acids is 4. The number of allylic oxidation sites excluding steroid dienone is 2. The number of hydrogen-bond acceptors (Lipinski definition) is 18. The van der Waals surface area contributed by atoms with E-state index in [0.717, 1.165) is 18.7 Å². The zero-order chi connectivity index (χ0) is 45.8.